The highest BCUT2D eigenvalue weighted by molar-refractivity contribution is 6.13. The number of hydrogen-bond donors (Lipinski definition) is 0. The molecule has 10 aromatic carbocycles. The number of aromatic nitrogens is 3. The number of furan rings is 1. The van der Waals surface area contributed by atoms with E-state index in [1.807, 2.05) is 72.8 Å². The molecule has 0 atom stereocenters. The van der Waals surface area contributed by atoms with Gasteiger partial charge in [0.1, 0.15) is 11.2 Å². The maximum absolute atomic E-state index is 6.52. The second kappa shape index (κ2) is 16.2. The van der Waals surface area contributed by atoms with Gasteiger partial charge in [-0.1, -0.05) is 212 Å². The zero-order valence-corrected chi connectivity index (χ0v) is 36.9. The van der Waals surface area contributed by atoms with Crippen LogP contribution in [-0.2, 0) is 5.41 Å². The first-order valence-corrected chi connectivity index (χ1v) is 23.1. The minimum Gasteiger partial charge on any atom is -0.456 e. The fourth-order valence-corrected chi connectivity index (χ4v) is 10.5. The Morgan fingerprint density at radius 1 is 0.279 bits per heavy atom. The third kappa shape index (κ3) is 6.49. The van der Waals surface area contributed by atoms with Crippen molar-refractivity contribution in [2.24, 2.45) is 0 Å². The van der Waals surface area contributed by atoms with E-state index in [9.17, 15) is 0 Å². The maximum atomic E-state index is 6.52. The van der Waals surface area contributed by atoms with Gasteiger partial charge in [-0.2, -0.15) is 0 Å². The molecule has 68 heavy (non-hydrogen) atoms. The standard InChI is InChI=1S/C64H41N3O/c1-5-18-42(19-6-1)61-65-62(43-20-7-2-8-21-43)67-63(66-61)54-31-17-33-59-60(54)55-40-48(35-37-58(55)68-59)46-24-15-22-44(38-46)45-23-16-25-47(39-45)49-34-36-53-52-30-13-14-32-56(52)64(57(53)41-49,50-26-9-3-10-27-50)51-28-11-4-12-29-51/h1-41H. The molecule has 4 nitrogen and oxygen atoms in total. The van der Waals surface area contributed by atoms with Gasteiger partial charge in [0.25, 0.3) is 0 Å². The van der Waals surface area contributed by atoms with Crippen LogP contribution in [0.2, 0.25) is 0 Å². The smallest absolute Gasteiger partial charge is 0.164 e. The van der Waals surface area contributed by atoms with Crippen molar-refractivity contribution in [2.75, 3.05) is 0 Å². The highest BCUT2D eigenvalue weighted by atomic mass is 16.3. The first kappa shape index (κ1) is 39.4. The molecule has 1 aliphatic carbocycles. The average molecular weight is 868 g/mol. The van der Waals surface area contributed by atoms with Crippen molar-refractivity contribution >= 4 is 21.9 Å². The molecule has 4 heteroatoms. The molecule has 0 saturated heterocycles. The molecule has 1 aliphatic rings. The summed E-state index contributed by atoms with van der Waals surface area (Å²) >= 11 is 0. The predicted octanol–water partition coefficient (Wildman–Crippen LogP) is 16.1. The van der Waals surface area contributed by atoms with E-state index < -0.39 is 5.41 Å². The zero-order valence-electron chi connectivity index (χ0n) is 36.9. The molecule has 0 N–H and O–H groups in total. The molecule has 0 aliphatic heterocycles. The molecule has 2 aromatic heterocycles. The molecule has 318 valence electrons. The Labute approximate surface area is 394 Å². The van der Waals surface area contributed by atoms with Crippen LogP contribution in [-0.4, -0.2) is 15.0 Å². The van der Waals surface area contributed by atoms with E-state index in [1.54, 1.807) is 0 Å². The highest BCUT2D eigenvalue weighted by Crippen LogP contribution is 2.56. The summed E-state index contributed by atoms with van der Waals surface area (Å²) in [6.07, 6.45) is 0. The van der Waals surface area contributed by atoms with E-state index >= 15 is 0 Å². The predicted molar refractivity (Wildman–Crippen MR) is 277 cm³/mol. The van der Waals surface area contributed by atoms with Crippen LogP contribution in [0.3, 0.4) is 0 Å². The highest BCUT2D eigenvalue weighted by Gasteiger charge is 2.46. The van der Waals surface area contributed by atoms with Gasteiger partial charge in [0, 0.05) is 27.5 Å². The van der Waals surface area contributed by atoms with Gasteiger partial charge in [0.15, 0.2) is 17.5 Å². The average Bonchev–Trinajstić information content (AvgIpc) is 3.95. The van der Waals surface area contributed by atoms with Crippen molar-refractivity contribution in [1.82, 2.24) is 15.0 Å². The Morgan fingerprint density at radius 3 is 1.32 bits per heavy atom. The summed E-state index contributed by atoms with van der Waals surface area (Å²) in [5, 5.41) is 1.97. The second-order valence-electron chi connectivity index (χ2n) is 17.5. The van der Waals surface area contributed by atoms with Gasteiger partial charge in [-0.25, -0.2) is 15.0 Å². The molecule has 0 bridgehead atoms. The van der Waals surface area contributed by atoms with E-state index in [0.29, 0.717) is 17.5 Å². The van der Waals surface area contributed by atoms with Crippen molar-refractivity contribution in [1.29, 1.82) is 0 Å². The number of nitrogens with zero attached hydrogens (tertiary/aromatic N) is 3. The van der Waals surface area contributed by atoms with Crippen molar-refractivity contribution in [3.8, 4) is 78.7 Å². The van der Waals surface area contributed by atoms with Crippen LogP contribution >= 0.6 is 0 Å². The second-order valence-corrected chi connectivity index (χ2v) is 17.5. The van der Waals surface area contributed by atoms with Gasteiger partial charge in [-0.3, -0.25) is 0 Å². The summed E-state index contributed by atoms with van der Waals surface area (Å²) in [6, 6.07) is 88.5. The van der Waals surface area contributed by atoms with Crippen molar-refractivity contribution < 1.29 is 4.42 Å². The maximum Gasteiger partial charge on any atom is 0.164 e. The Hall–Kier alpha value is -8.99. The monoisotopic (exact) mass is 867 g/mol. The molecule has 0 unspecified atom stereocenters. The molecule has 0 spiro atoms. The SMILES string of the molecule is c1ccc(-c2nc(-c3ccccc3)nc(-c3cccc4oc5ccc(-c6cccc(-c7cccc(-c8ccc9c(c8)C(c8ccccc8)(c8ccccc8)c8ccccc8-9)c7)c6)cc5c34)n2)cc1. The topological polar surface area (TPSA) is 51.8 Å². The van der Waals surface area contributed by atoms with Crippen LogP contribution in [0.25, 0.3) is 101 Å². The van der Waals surface area contributed by atoms with Crippen LogP contribution in [0.1, 0.15) is 22.3 Å². The summed E-state index contributed by atoms with van der Waals surface area (Å²) in [5.41, 5.74) is 18.4. The molecule has 0 fully saturated rings. The Balaban J connectivity index is 0.895. The van der Waals surface area contributed by atoms with E-state index in [-0.39, 0.29) is 0 Å². The lowest BCUT2D eigenvalue weighted by molar-refractivity contribution is 0.669. The molecule has 0 radical (unpaired) electrons. The lowest BCUT2D eigenvalue weighted by atomic mass is 9.67. The fraction of sp³-hybridized carbons (Fsp3) is 0.0156. The zero-order chi connectivity index (χ0) is 45.0. The molecule has 0 saturated carbocycles. The molecule has 0 amide bonds. The summed E-state index contributed by atoms with van der Waals surface area (Å²) in [5.74, 6) is 1.84. The lowest BCUT2D eigenvalue weighted by Gasteiger charge is -2.34. The molecule has 13 rings (SSSR count). The van der Waals surface area contributed by atoms with E-state index in [4.69, 9.17) is 19.4 Å². The van der Waals surface area contributed by atoms with Crippen molar-refractivity contribution in [2.45, 2.75) is 5.41 Å². The van der Waals surface area contributed by atoms with Crippen LogP contribution in [0, 0.1) is 0 Å². The molecular formula is C64H41N3O. The van der Waals surface area contributed by atoms with E-state index in [1.165, 1.54) is 44.5 Å². The molecule has 12 aromatic rings. The van der Waals surface area contributed by atoms with E-state index in [2.05, 4.69) is 176 Å². The third-order valence-electron chi connectivity index (χ3n) is 13.6. The largest absolute Gasteiger partial charge is 0.456 e. The quantitative estimate of drug-likeness (QED) is 0.153. The normalized spacial score (nSPS) is 12.5. The van der Waals surface area contributed by atoms with Gasteiger partial charge in [0.2, 0.25) is 0 Å². The summed E-state index contributed by atoms with van der Waals surface area (Å²) in [4.78, 5) is 15.1. The molecular weight excluding hydrogens is 827 g/mol. The first-order chi connectivity index (χ1) is 33.7. The fourth-order valence-electron chi connectivity index (χ4n) is 10.5. The van der Waals surface area contributed by atoms with Gasteiger partial charge in [-0.15, -0.1) is 0 Å². The summed E-state index contributed by atoms with van der Waals surface area (Å²) < 4.78 is 6.52. The summed E-state index contributed by atoms with van der Waals surface area (Å²) in [7, 11) is 0. The number of hydrogen-bond acceptors (Lipinski definition) is 4. The van der Waals surface area contributed by atoms with Gasteiger partial charge < -0.3 is 4.42 Å². The van der Waals surface area contributed by atoms with Gasteiger partial charge >= 0.3 is 0 Å². The lowest BCUT2D eigenvalue weighted by Crippen LogP contribution is -2.28. The minimum absolute atomic E-state index is 0.458. The van der Waals surface area contributed by atoms with Crippen molar-refractivity contribution in [3.05, 3.63) is 271 Å². The number of fused-ring (bicyclic) bond motifs is 6. The van der Waals surface area contributed by atoms with Crippen LogP contribution in [0.5, 0.6) is 0 Å². The molecule has 2 heterocycles. The van der Waals surface area contributed by atoms with Crippen LogP contribution in [0.4, 0.5) is 0 Å². The van der Waals surface area contributed by atoms with Crippen molar-refractivity contribution in [3.63, 3.8) is 0 Å². The van der Waals surface area contributed by atoms with E-state index in [0.717, 1.165) is 60.9 Å². The van der Waals surface area contributed by atoms with Crippen LogP contribution in [0.15, 0.2) is 253 Å². The third-order valence-corrected chi connectivity index (χ3v) is 13.6. The van der Waals surface area contributed by atoms with Crippen LogP contribution < -0.4 is 0 Å². The number of rotatable bonds is 8. The van der Waals surface area contributed by atoms with Gasteiger partial charge in [-0.05, 0) is 103 Å². The Bertz CT molecular complexity index is 3750. The minimum atomic E-state index is -0.458. The Morgan fingerprint density at radius 2 is 0.721 bits per heavy atom. The summed E-state index contributed by atoms with van der Waals surface area (Å²) in [6.45, 7) is 0. The first-order valence-electron chi connectivity index (χ1n) is 23.1. The number of benzene rings is 10. The Kier molecular flexibility index (Phi) is 9.36. The van der Waals surface area contributed by atoms with Gasteiger partial charge in [0.05, 0.1) is 5.41 Å².